The number of amides is 1. The van der Waals surface area contributed by atoms with Crippen LogP contribution in [-0.4, -0.2) is 40.6 Å². The zero-order valence-corrected chi connectivity index (χ0v) is 11.9. The van der Waals surface area contributed by atoms with Gasteiger partial charge in [0, 0.05) is 18.7 Å². The van der Waals surface area contributed by atoms with Crippen molar-refractivity contribution in [3.05, 3.63) is 35.4 Å². The maximum absolute atomic E-state index is 12.1. The number of rotatable bonds is 7. The van der Waals surface area contributed by atoms with Crippen molar-refractivity contribution in [2.75, 3.05) is 19.7 Å². The third-order valence-electron chi connectivity index (χ3n) is 2.81. The molecule has 0 aliphatic rings. The largest absolute Gasteiger partial charge is 0.395 e. The summed E-state index contributed by atoms with van der Waals surface area (Å²) in [5.74, 6) is 0.0268. The van der Waals surface area contributed by atoms with Gasteiger partial charge in [-0.05, 0) is 12.0 Å². The van der Waals surface area contributed by atoms with Crippen molar-refractivity contribution in [2.24, 2.45) is 5.73 Å². The van der Waals surface area contributed by atoms with E-state index in [0.717, 1.165) is 17.5 Å². The molecule has 0 aliphatic carbocycles. The van der Waals surface area contributed by atoms with Gasteiger partial charge >= 0.3 is 0 Å². The molecule has 0 aliphatic heterocycles. The quantitative estimate of drug-likeness (QED) is 0.734. The molecule has 0 bridgehead atoms. The summed E-state index contributed by atoms with van der Waals surface area (Å²) >= 11 is 4.88. The number of hydrogen-bond donors (Lipinski definition) is 2. The minimum Gasteiger partial charge on any atom is -0.395 e. The highest BCUT2D eigenvalue weighted by Gasteiger charge is 2.12. The Labute approximate surface area is 119 Å². The number of aliphatic hydroxyl groups excluding tert-OH is 1. The van der Waals surface area contributed by atoms with Crippen LogP contribution >= 0.6 is 12.2 Å². The second kappa shape index (κ2) is 7.86. The van der Waals surface area contributed by atoms with E-state index in [4.69, 9.17) is 23.1 Å². The third-order valence-corrected chi connectivity index (χ3v) is 3.05. The van der Waals surface area contributed by atoms with E-state index in [1.54, 1.807) is 4.90 Å². The first-order valence-corrected chi connectivity index (χ1v) is 6.76. The van der Waals surface area contributed by atoms with Gasteiger partial charge in [0.05, 0.1) is 13.0 Å². The Morgan fingerprint density at radius 1 is 1.32 bits per heavy atom. The molecular weight excluding hydrogens is 260 g/mol. The lowest BCUT2D eigenvalue weighted by Crippen LogP contribution is -2.35. The van der Waals surface area contributed by atoms with E-state index >= 15 is 0 Å². The number of nitrogens with zero attached hydrogens (tertiary/aromatic N) is 1. The summed E-state index contributed by atoms with van der Waals surface area (Å²) in [5.41, 5.74) is 7.24. The average Bonchev–Trinajstić information content (AvgIpc) is 2.39. The number of hydrogen-bond acceptors (Lipinski definition) is 3. The molecule has 0 saturated heterocycles. The Morgan fingerprint density at radius 3 is 2.42 bits per heavy atom. The minimum absolute atomic E-state index is 0.00782. The van der Waals surface area contributed by atoms with Gasteiger partial charge in [-0.25, -0.2) is 0 Å². The first-order valence-electron chi connectivity index (χ1n) is 6.35. The van der Waals surface area contributed by atoms with Crippen LogP contribution in [0.15, 0.2) is 24.3 Å². The van der Waals surface area contributed by atoms with Crippen LogP contribution in [0, 0.1) is 0 Å². The van der Waals surface area contributed by atoms with Gasteiger partial charge in [-0.3, -0.25) is 4.79 Å². The first kappa shape index (κ1) is 15.6. The highest BCUT2D eigenvalue weighted by Crippen LogP contribution is 2.07. The Hall–Kier alpha value is -1.46. The van der Waals surface area contributed by atoms with Crippen LogP contribution < -0.4 is 5.73 Å². The molecule has 0 aromatic heterocycles. The van der Waals surface area contributed by atoms with Crippen LogP contribution in [0.4, 0.5) is 0 Å². The second-order valence-electron chi connectivity index (χ2n) is 4.34. The summed E-state index contributed by atoms with van der Waals surface area (Å²) in [6, 6.07) is 7.35. The number of aliphatic hydroxyl groups is 1. The predicted octanol–water partition coefficient (Wildman–Crippen LogP) is 1.09. The van der Waals surface area contributed by atoms with Gasteiger partial charge < -0.3 is 15.7 Å². The predicted molar refractivity (Wildman–Crippen MR) is 80.0 cm³/mol. The molecule has 0 spiro atoms. The van der Waals surface area contributed by atoms with Crippen LogP contribution in [0.3, 0.4) is 0 Å². The monoisotopic (exact) mass is 280 g/mol. The van der Waals surface area contributed by atoms with E-state index < -0.39 is 0 Å². The van der Waals surface area contributed by atoms with Crippen molar-refractivity contribution in [1.29, 1.82) is 0 Å². The maximum Gasteiger partial charge on any atom is 0.227 e. The van der Waals surface area contributed by atoms with Gasteiger partial charge in [0.1, 0.15) is 4.99 Å². The van der Waals surface area contributed by atoms with Crippen molar-refractivity contribution in [2.45, 2.75) is 19.8 Å². The van der Waals surface area contributed by atoms with Crippen LogP contribution in [0.5, 0.6) is 0 Å². The van der Waals surface area contributed by atoms with E-state index in [1.807, 2.05) is 31.2 Å². The normalized spacial score (nSPS) is 10.2. The van der Waals surface area contributed by atoms with Gasteiger partial charge in [-0.15, -0.1) is 0 Å². The van der Waals surface area contributed by atoms with Crippen molar-refractivity contribution in [3.8, 4) is 0 Å². The highest BCUT2D eigenvalue weighted by molar-refractivity contribution is 7.80. The summed E-state index contributed by atoms with van der Waals surface area (Å²) < 4.78 is 0. The van der Waals surface area contributed by atoms with Crippen molar-refractivity contribution in [1.82, 2.24) is 4.90 Å². The van der Waals surface area contributed by atoms with Crippen molar-refractivity contribution in [3.63, 3.8) is 0 Å². The van der Waals surface area contributed by atoms with Gasteiger partial charge in [0.25, 0.3) is 0 Å². The molecule has 0 heterocycles. The summed E-state index contributed by atoms with van der Waals surface area (Å²) in [4.78, 5) is 14.1. The molecule has 0 radical (unpaired) electrons. The SMILES string of the molecule is CCCN(CCO)C(=O)Cc1ccc(C(N)=S)cc1. The van der Waals surface area contributed by atoms with E-state index in [1.165, 1.54) is 0 Å². The maximum atomic E-state index is 12.1. The van der Waals surface area contributed by atoms with Gasteiger partial charge in [0.2, 0.25) is 5.91 Å². The Bertz CT molecular complexity index is 426. The number of benzene rings is 1. The van der Waals surface area contributed by atoms with Crippen LogP contribution in [0.25, 0.3) is 0 Å². The molecule has 19 heavy (non-hydrogen) atoms. The van der Waals surface area contributed by atoms with Crippen LogP contribution in [-0.2, 0) is 11.2 Å². The Kier molecular flexibility index (Phi) is 6.45. The zero-order valence-electron chi connectivity index (χ0n) is 11.1. The lowest BCUT2D eigenvalue weighted by atomic mass is 10.1. The smallest absolute Gasteiger partial charge is 0.227 e. The summed E-state index contributed by atoms with van der Waals surface area (Å²) in [5, 5.41) is 8.95. The van der Waals surface area contributed by atoms with Gasteiger partial charge in [-0.2, -0.15) is 0 Å². The fraction of sp³-hybridized carbons (Fsp3) is 0.429. The molecular formula is C14H20N2O2S. The lowest BCUT2D eigenvalue weighted by molar-refractivity contribution is -0.131. The Morgan fingerprint density at radius 2 is 1.95 bits per heavy atom. The average molecular weight is 280 g/mol. The highest BCUT2D eigenvalue weighted by atomic mass is 32.1. The van der Waals surface area contributed by atoms with E-state index in [0.29, 0.717) is 24.5 Å². The molecule has 0 fully saturated rings. The Balaban J connectivity index is 2.66. The molecule has 1 aromatic carbocycles. The summed E-state index contributed by atoms with van der Waals surface area (Å²) in [6.45, 7) is 3.06. The van der Waals surface area contributed by atoms with Crippen LogP contribution in [0.2, 0.25) is 0 Å². The van der Waals surface area contributed by atoms with E-state index in [9.17, 15) is 4.79 Å². The zero-order chi connectivity index (χ0) is 14.3. The molecule has 0 unspecified atom stereocenters. The van der Waals surface area contributed by atoms with Gasteiger partial charge in [-0.1, -0.05) is 43.4 Å². The van der Waals surface area contributed by atoms with Gasteiger partial charge in [0.15, 0.2) is 0 Å². The number of carbonyl (C=O) groups excluding carboxylic acids is 1. The molecule has 3 N–H and O–H groups in total. The standard InChI is InChI=1S/C14H20N2O2S/c1-2-7-16(8-9-17)13(18)10-11-3-5-12(6-4-11)14(15)19/h3-6,17H,2,7-10H2,1H3,(H2,15,19). The molecule has 1 rings (SSSR count). The summed E-state index contributed by atoms with van der Waals surface area (Å²) in [7, 11) is 0. The molecule has 5 heteroatoms. The molecule has 104 valence electrons. The van der Waals surface area contributed by atoms with Crippen molar-refractivity contribution >= 4 is 23.1 Å². The van der Waals surface area contributed by atoms with E-state index in [-0.39, 0.29) is 12.5 Å². The summed E-state index contributed by atoms with van der Waals surface area (Å²) in [6.07, 6.45) is 1.21. The fourth-order valence-corrected chi connectivity index (χ4v) is 1.96. The second-order valence-corrected chi connectivity index (χ2v) is 4.78. The van der Waals surface area contributed by atoms with Crippen molar-refractivity contribution < 1.29 is 9.90 Å². The van der Waals surface area contributed by atoms with Crippen LogP contribution in [0.1, 0.15) is 24.5 Å². The first-order chi connectivity index (χ1) is 9.08. The number of thiocarbonyl (C=S) groups is 1. The molecule has 1 amide bonds. The number of nitrogens with two attached hydrogens (primary N) is 1. The molecule has 0 saturated carbocycles. The van der Waals surface area contributed by atoms with E-state index in [2.05, 4.69) is 0 Å². The molecule has 0 atom stereocenters. The molecule has 1 aromatic rings. The lowest BCUT2D eigenvalue weighted by Gasteiger charge is -2.21. The fourth-order valence-electron chi connectivity index (χ4n) is 1.83. The third kappa shape index (κ3) is 4.96. The topological polar surface area (TPSA) is 66.6 Å². The number of carbonyl (C=O) groups is 1. The molecule has 4 nitrogen and oxygen atoms in total. The minimum atomic E-state index is -0.00782.